The second-order valence-electron chi connectivity index (χ2n) is 7.81. The molecule has 184 valence electrons. The summed E-state index contributed by atoms with van der Waals surface area (Å²) >= 11 is 6.07. The van der Waals surface area contributed by atoms with Crippen molar-refractivity contribution < 1.29 is 23.0 Å². The van der Waals surface area contributed by atoms with Gasteiger partial charge in [0.15, 0.2) is 23.1 Å². The van der Waals surface area contributed by atoms with Gasteiger partial charge in [0.05, 0.1) is 24.6 Å². The summed E-state index contributed by atoms with van der Waals surface area (Å²) in [5, 5.41) is -0.796. The fourth-order valence-corrected chi connectivity index (χ4v) is 3.22. The molecule has 33 heavy (non-hydrogen) atoms. The minimum absolute atomic E-state index is 0. The van der Waals surface area contributed by atoms with E-state index in [0.29, 0.717) is 6.61 Å². The Kier molecular flexibility index (Phi) is 12.9. The van der Waals surface area contributed by atoms with Crippen LogP contribution in [0.2, 0.25) is 0 Å². The lowest BCUT2D eigenvalue weighted by molar-refractivity contribution is -0.134. The molecule has 0 aliphatic carbocycles. The van der Waals surface area contributed by atoms with E-state index in [1.165, 1.54) is 43.8 Å². The second-order valence-corrected chi connectivity index (χ2v) is 8.28. The molecule has 2 rings (SSSR count). The number of aromatic nitrogens is 2. The Labute approximate surface area is 200 Å². The molecule has 0 bridgehead atoms. The summed E-state index contributed by atoms with van der Waals surface area (Å²) in [5.41, 5.74) is -0.109. The number of halogens is 3. The van der Waals surface area contributed by atoms with Crippen molar-refractivity contribution in [3.8, 4) is 22.9 Å². The first-order valence-corrected chi connectivity index (χ1v) is 11.6. The van der Waals surface area contributed by atoms with Crippen LogP contribution in [-0.4, -0.2) is 27.9 Å². The van der Waals surface area contributed by atoms with E-state index < -0.39 is 23.0 Å². The van der Waals surface area contributed by atoms with Gasteiger partial charge in [-0.3, -0.25) is 4.79 Å². The van der Waals surface area contributed by atoms with E-state index in [2.05, 4.69) is 16.9 Å². The number of esters is 1. The predicted molar refractivity (Wildman–Crippen MR) is 128 cm³/mol. The molecule has 0 aliphatic heterocycles. The number of hydrogen-bond donors (Lipinski definition) is 0. The number of carbonyl (C=O) groups is 1. The summed E-state index contributed by atoms with van der Waals surface area (Å²) in [6.45, 7) is 6.25. The molecule has 0 spiro atoms. The lowest BCUT2D eigenvalue weighted by atomic mass is 10.1. The van der Waals surface area contributed by atoms with Gasteiger partial charge in [0, 0.05) is 0 Å². The largest absolute Gasteiger partial charge is 0.490 e. The molecule has 2 aromatic rings. The van der Waals surface area contributed by atoms with Crippen molar-refractivity contribution in [3.63, 3.8) is 0 Å². The average molecular weight is 485 g/mol. The van der Waals surface area contributed by atoms with Crippen molar-refractivity contribution in [2.75, 3.05) is 6.61 Å². The monoisotopic (exact) mass is 484 g/mol. The van der Waals surface area contributed by atoms with Gasteiger partial charge in [0.1, 0.15) is 5.38 Å². The highest BCUT2D eigenvalue weighted by Crippen LogP contribution is 2.28. The zero-order valence-electron chi connectivity index (χ0n) is 18.9. The molecule has 0 saturated heterocycles. The molecular weight excluding hydrogens is 450 g/mol. The van der Waals surface area contributed by atoms with Gasteiger partial charge in [-0.2, -0.15) is 4.39 Å². The summed E-state index contributed by atoms with van der Waals surface area (Å²) in [5.74, 6) is -2.92. The summed E-state index contributed by atoms with van der Waals surface area (Å²) in [4.78, 5) is 20.0. The molecule has 0 radical (unpaired) electrons. The molecule has 2 atom stereocenters. The maximum atomic E-state index is 14.6. The van der Waals surface area contributed by atoms with Crippen molar-refractivity contribution in [1.82, 2.24) is 9.97 Å². The van der Waals surface area contributed by atoms with E-state index in [1.807, 2.05) is 13.8 Å². The van der Waals surface area contributed by atoms with Crippen LogP contribution < -0.4 is 9.47 Å². The third-order valence-electron chi connectivity index (χ3n) is 5.26. The Morgan fingerprint density at radius 1 is 1.03 bits per heavy atom. The highest BCUT2D eigenvalue weighted by atomic mass is 35.5. The van der Waals surface area contributed by atoms with Crippen molar-refractivity contribution >= 4 is 17.6 Å². The lowest BCUT2D eigenvalue weighted by Gasteiger charge is -2.14. The van der Waals surface area contributed by atoms with E-state index >= 15 is 0 Å². The molecular formula is C25H35ClF2N2O3. The number of ether oxygens (including phenoxy) is 2. The highest BCUT2D eigenvalue weighted by Gasteiger charge is 2.24. The van der Waals surface area contributed by atoms with Crippen molar-refractivity contribution in [2.45, 2.75) is 78.5 Å². The number of rotatable bonds is 13. The van der Waals surface area contributed by atoms with E-state index in [0.717, 1.165) is 25.7 Å². The Balaban J connectivity index is 0.00000544. The van der Waals surface area contributed by atoms with Crippen LogP contribution in [0.15, 0.2) is 24.5 Å². The fourth-order valence-electron chi connectivity index (χ4n) is 3.00. The lowest BCUT2D eigenvalue weighted by Crippen LogP contribution is -2.26. The first-order valence-electron chi connectivity index (χ1n) is 11.2. The van der Waals surface area contributed by atoms with Crippen LogP contribution in [-0.2, 0) is 4.79 Å². The van der Waals surface area contributed by atoms with Gasteiger partial charge in [0.2, 0.25) is 5.82 Å². The third kappa shape index (κ3) is 8.54. The Hall–Kier alpha value is -2.28. The third-order valence-corrected chi connectivity index (χ3v) is 5.87. The smallest absolute Gasteiger partial charge is 0.329 e. The molecule has 0 unspecified atom stereocenters. The maximum Gasteiger partial charge on any atom is 0.329 e. The van der Waals surface area contributed by atoms with Crippen LogP contribution in [0, 0.1) is 17.6 Å². The van der Waals surface area contributed by atoms with Crippen LogP contribution >= 0.6 is 11.6 Å². The van der Waals surface area contributed by atoms with Gasteiger partial charge in [-0.25, -0.2) is 14.4 Å². The zero-order valence-corrected chi connectivity index (χ0v) is 19.6. The molecule has 5 nitrogen and oxygen atoms in total. The van der Waals surface area contributed by atoms with Gasteiger partial charge in [-0.05, 0) is 24.5 Å². The fraction of sp³-hybridized carbons (Fsp3) is 0.560. The average Bonchev–Trinajstić information content (AvgIpc) is 2.80. The van der Waals surface area contributed by atoms with Gasteiger partial charge in [0.25, 0.3) is 0 Å². The van der Waals surface area contributed by atoms with Gasteiger partial charge < -0.3 is 9.47 Å². The number of alkyl halides is 1. The van der Waals surface area contributed by atoms with Crippen LogP contribution in [0.3, 0.4) is 0 Å². The topological polar surface area (TPSA) is 61.3 Å². The van der Waals surface area contributed by atoms with E-state index in [-0.39, 0.29) is 36.2 Å². The Bertz CT molecular complexity index is 865. The molecule has 8 heteroatoms. The van der Waals surface area contributed by atoms with E-state index in [9.17, 15) is 13.6 Å². The number of unbranched alkanes of at least 4 members (excludes halogenated alkanes) is 5. The molecule has 1 heterocycles. The molecule has 0 aliphatic rings. The molecule has 0 N–H and O–H groups in total. The first kappa shape index (κ1) is 28.8. The summed E-state index contributed by atoms with van der Waals surface area (Å²) < 4.78 is 39.6. The number of hydrogen-bond acceptors (Lipinski definition) is 5. The highest BCUT2D eigenvalue weighted by molar-refractivity contribution is 6.30. The van der Waals surface area contributed by atoms with Crippen molar-refractivity contribution in [2.24, 2.45) is 5.92 Å². The first-order chi connectivity index (χ1) is 15.4. The standard InChI is InChI=1S/C24H31ClF2N2O3.CH4/c1-4-6-7-8-9-10-13-31-19-12-11-18(21(26)22(19)27)23-28-14-17(15-29-23)32-24(30)20(25)16(3)5-2;/h11-12,14-16,20H,4-10,13H2,1-3H3;1H4/t16-,20-;/m1./s1. The van der Waals surface area contributed by atoms with Gasteiger partial charge in [-0.1, -0.05) is 66.7 Å². The second kappa shape index (κ2) is 14.8. The number of carbonyl (C=O) groups excluding carboxylic acids is 1. The molecule has 1 aromatic carbocycles. The SMILES string of the molecule is C.CCCCCCCCOc1ccc(-c2ncc(OC(=O)[C@H](Cl)[C@H](C)CC)cn2)c(F)c1F. The van der Waals surface area contributed by atoms with Crippen molar-refractivity contribution in [1.29, 1.82) is 0 Å². The summed E-state index contributed by atoms with van der Waals surface area (Å²) in [7, 11) is 0. The molecule has 0 saturated carbocycles. The quantitative estimate of drug-likeness (QED) is 0.169. The number of nitrogens with zero attached hydrogens (tertiary/aromatic N) is 2. The number of benzene rings is 1. The van der Waals surface area contributed by atoms with Crippen LogP contribution in [0.25, 0.3) is 11.4 Å². The van der Waals surface area contributed by atoms with Gasteiger partial charge in [-0.15, -0.1) is 11.6 Å². The van der Waals surface area contributed by atoms with Crippen molar-refractivity contribution in [3.05, 3.63) is 36.2 Å². The molecule has 0 amide bonds. The Morgan fingerprint density at radius 3 is 2.30 bits per heavy atom. The van der Waals surface area contributed by atoms with Gasteiger partial charge >= 0.3 is 5.97 Å². The van der Waals surface area contributed by atoms with Crippen LogP contribution in [0.1, 0.15) is 73.1 Å². The molecule has 1 aromatic heterocycles. The van der Waals surface area contributed by atoms with E-state index in [1.54, 1.807) is 0 Å². The van der Waals surface area contributed by atoms with Crippen LogP contribution in [0.4, 0.5) is 8.78 Å². The van der Waals surface area contributed by atoms with E-state index in [4.69, 9.17) is 21.1 Å². The molecule has 0 fully saturated rings. The van der Waals surface area contributed by atoms with Crippen LogP contribution in [0.5, 0.6) is 11.5 Å². The predicted octanol–water partition coefficient (Wildman–Crippen LogP) is 7.36. The Morgan fingerprint density at radius 2 is 1.67 bits per heavy atom. The minimum Gasteiger partial charge on any atom is -0.490 e. The normalized spacial score (nSPS) is 12.5. The maximum absolute atomic E-state index is 14.6. The zero-order chi connectivity index (χ0) is 23.5. The summed E-state index contributed by atoms with van der Waals surface area (Å²) in [6, 6.07) is 2.74. The summed E-state index contributed by atoms with van der Waals surface area (Å²) in [6.07, 6.45) is 9.62. The minimum atomic E-state index is -1.09.